The Hall–Kier alpha value is -1.84. The molecule has 1 fully saturated rings. The molecule has 1 saturated carbocycles. The van der Waals surface area contributed by atoms with Gasteiger partial charge in [0.15, 0.2) is 5.82 Å². The van der Waals surface area contributed by atoms with E-state index in [4.69, 9.17) is 5.73 Å². The van der Waals surface area contributed by atoms with E-state index in [9.17, 15) is 4.39 Å². The first-order valence-electron chi connectivity index (χ1n) is 7.24. The Bertz CT molecular complexity index is 618. The summed E-state index contributed by atoms with van der Waals surface area (Å²) in [6.07, 6.45) is 6.23. The Morgan fingerprint density at radius 2 is 2.05 bits per heavy atom. The summed E-state index contributed by atoms with van der Waals surface area (Å²) in [4.78, 5) is 4.30. The standard InChI is InChI=1S/C16H20FN3/c1-10-4-6-11(7-5-10)20-16-13(17)9-14(18)12-3-2-8-19-15(12)16/h2-3,8-11,20H,4-7,18H2,1H3. The highest BCUT2D eigenvalue weighted by Crippen LogP contribution is 2.32. The molecule has 1 aromatic carbocycles. The third-order valence-corrected chi connectivity index (χ3v) is 4.24. The lowest BCUT2D eigenvalue weighted by atomic mass is 9.87. The Morgan fingerprint density at radius 1 is 1.30 bits per heavy atom. The van der Waals surface area contributed by atoms with Crippen LogP contribution in [0.15, 0.2) is 24.4 Å². The minimum atomic E-state index is -0.313. The number of rotatable bonds is 2. The first-order valence-corrected chi connectivity index (χ1v) is 7.24. The van der Waals surface area contributed by atoms with Crippen molar-refractivity contribution >= 4 is 22.3 Å². The molecule has 106 valence electrons. The van der Waals surface area contributed by atoms with Gasteiger partial charge in [0.25, 0.3) is 0 Å². The van der Waals surface area contributed by atoms with Gasteiger partial charge >= 0.3 is 0 Å². The first kappa shape index (κ1) is 13.2. The van der Waals surface area contributed by atoms with Gasteiger partial charge in [-0.15, -0.1) is 0 Å². The third kappa shape index (κ3) is 2.42. The summed E-state index contributed by atoms with van der Waals surface area (Å²) >= 11 is 0. The highest BCUT2D eigenvalue weighted by atomic mass is 19.1. The lowest BCUT2D eigenvalue weighted by molar-refractivity contribution is 0.360. The summed E-state index contributed by atoms with van der Waals surface area (Å²) in [7, 11) is 0. The van der Waals surface area contributed by atoms with E-state index in [-0.39, 0.29) is 5.82 Å². The van der Waals surface area contributed by atoms with E-state index in [0.717, 1.165) is 24.1 Å². The average Bonchev–Trinajstić information content (AvgIpc) is 2.45. The summed E-state index contributed by atoms with van der Waals surface area (Å²) in [6.45, 7) is 2.27. The minimum Gasteiger partial charge on any atom is -0.398 e. The molecule has 1 aliphatic carbocycles. The molecular formula is C16H20FN3. The molecule has 3 N–H and O–H groups in total. The van der Waals surface area contributed by atoms with E-state index < -0.39 is 0 Å². The molecule has 0 unspecified atom stereocenters. The van der Waals surface area contributed by atoms with Gasteiger partial charge in [0.2, 0.25) is 0 Å². The predicted molar refractivity (Wildman–Crippen MR) is 81.2 cm³/mol. The Labute approximate surface area is 118 Å². The first-order chi connectivity index (χ1) is 9.65. The van der Waals surface area contributed by atoms with Crippen LogP contribution in [0, 0.1) is 11.7 Å². The Balaban J connectivity index is 1.95. The zero-order valence-corrected chi connectivity index (χ0v) is 11.7. The van der Waals surface area contributed by atoms with Gasteiger partial charge in [-0.3, -0.25) is 4.98 Å². The quantitative estimate of drug-likeness (QED) is 0.815. The van der Waals surface area contributed by atoms with Crippen LogP contribution in [0.5, 0.6) is 0 Å². The van der Waals surface area contributed by atoms with Crippen molar-refractivity contribution in [3.8, 4) is 0 Å². The molecule has 20 heavy (non-hydrogen) atoms. The molecule has 1 aliphatic rings. The van der Waals surface area contributed by atoms with Crippen molar-refractivity contribution in [1.29, 1.82) is 0 Å². The number of fused-ring (bicyclic) bond motifs is 1. The van der Waals surface area contributed by atoms with Gasteiger partial charge in [0.1, 0.15) is 0 Å². The SMILES string of the molecule is CC1CCC(Nc2c(F)cc(N)c3cccnc23)CC1. The van der Waals surface area contributed by atoms with E-state index in [1.165, 1.54) is 18.9 Å². The van der Waals surface area contributed by atoms with Crippen LogP contribution < -0.4 is 11.1 Å². The lowest BCUT2D eigenvalue weighted by Gasteiger charge is -2.28. The van der Waals surface area contributed by atoms with E-state index in [1.807, 2.05) is 12.1 Å². The van der Waals surface area contributed by atoms with Crippen molar-refractivity contribution in [2.24, 2.45) is 5.92 Å². The smallest absolute Gasteiger partial charge is 0.150 e. The van der Waals surface area contributed by atoms with Gasteiger partial charge in [-0.1, -0.05) is 6.92 Å². The third-order valence-electron chi connectivity index (χ3n) is 4.24. The molecule has 0 spiro atoms. The number of pyridine rings is 1. The molecule has 0 amide bonds. The van der Waals surface area contributed by atoms with Crippen LogP contribution >= 0.6 is 0 Å². The van der Waals surface area contributed by atoms with Gasteiger partial charge in [-0.25, -0.2) is 4.39 Å². The highest BCUT2D eigenvalue weighted by Gasteiger charge is 2.20. The second-order valence-corrected chi connectivity index (χ2v) is 5.82. The summed E-state index contributed by atoms with van der Waals surface area (Å²) in [5.74, 6) is 0.464. The molecule has 2 aromatic rings. The summed E-state index contributed by atoms with van der Waals surface area (Å²) in [5.41, 5.74) is 7.43. The molecule has 3 nitrogen and oxygen atoms in total. The maximum atomic E-state index is 14.2. The van der Waals surface area contributed by atoms with Crippen molar-refractivity contribution in [2.75, 3.05) is 11.1 Å². The van der Waals surface area contributed by atoms with E-state index in [0.29, 0.717) is 22.9 Å². The molecule has 0 aliphatic heterocycles. The van der Waals surface area contributed by atoms with Crippen LogP contribution in [0.25, 0.3) is 10.9 Å². The van der Waals surface area contributed by atoms with Gasteiger partial charge in [-0.05, 0) is 49.8 Å². The van der Waals surface area contributed by atoms with Crippen LogP contribution in [0.2, 0.25) is 0 Å². The van der Waals surface area contributed by atoms with Gasteiger partial charge in [-0.2, -0.15) is 0 Å². The van der Waals surface area contributed by atoms with Crippen LogP contribution in [-0.2, 0) is 0 Å². The van der Waals surface area contributed by atoms with Crippen LogP contribution in [0.4, 0.5) is 15.8 Å². The number of nitrogens with zero attached hydrogens (tertiary/aromatic N) is 1. The number of nitrogens with one attached hydrogen (secondary N) is 1. The number of anilines is 2. The predicted octanol–water partition coefficient (Wildman–Crippen LogP) is 3.95. The van der Waals surface area contributed by atoms with Crippen molar-refractivity contribution in [3.05, 3.63) is 30.2 Å². The maximum Gasteiger partial charge on any atom is 0.150 e. The molecule has 0 radical (unpaired) electrons. The molecule has 0 atom stereocenters. The second-order valence-electron chi connectivity index (χ2n) is 5.82. The lowest BCUT2D eigenvalue weighted by Crippen LogP contribution is -2.25. The van der Waals surface area contributed by atoms with Gasteiger partial charge < -0.3 is 11.1 Å². The summed E-state index contributed by atoms with van der Waals surface area (Å²) in [6, 6.07) is 5.42. The molecule has 3 rings (SSSR count). The Morgan fingerprint density at radius 3 is 2.80 bits per heavy atom. The molecule has 1 aromatic heterocycles. The number of hydrogen-bond acceptors (Lipinski definition) is 3. The van der Waals surface area contributed by atoms with Crippen molar-refractivity contribution in [3.63, 3.8) is 0 Å². The van der Waals surface area contributed by atoms with Gasteiger partial charge in [0.05, 0.1) is 11.2 Å². The fourth-order valence-electron chi connectivity index (χ4n) is 2.98. The monoisotopic (exact) mass is 273 g/mol. The molecule has 0 bridgehead atoms. The number of aromatic nitrogens is 1. The van der Waals surface area contributed by atoms with Gasteiger partial charge in [0, 0.05) is 23.3 Å². The van der Waals surface area contributed by atoms with Crippen molar-refractivity contribution in [2.45, 2.75) is 38.6 Å². The zero-order valence-electron chi connectivity index (χ0n) is 11.7. The molecule has 4 heteroatoms. The highest BCUT2D eigenvalue weighted by molar-refractivity contribution is 5.98. The van der Waals surface area contributed by atoms with E-state index >= 15 is 0 Å². The van der Waals surface area contributed by atoms with Crippen LogP contribution in [0.3, 0.4) is 0 Å². The fourth-order valence-corrected chi connectivity index (χ4v) is 2.98. The number of nitrogen functional groups attached to an aromatic ring is 1. The number of halogens is 1. The number of hydrogen-bond donors (Lipinski definition) is 2. The largest absolute Gasteiger partial charge is 0.398 e. The molecule has 0 saturated heterocycles. The average molecular weight is 273 g/mol. The van der Waals surface area contributed by atoms with E-state index in [2.05, 4.69) is 17.2 Å². The Kier molecular flexibility index (Phi) is 3.47. The fraction of sp³-hybridized carbons (Fsp3) is 0.438. The minimum absolute atomic E-state index is 0.313. The molecular weight excluding hydrogens is 253 g/mol. The van der Waals surface area contributed by atoms with Crippen LogP contribution in [0.1, 0.15) is 32.6 Å². The van der Waals surface area contributed by atoms with Crippen LogP contribution in [-0.4, -0.2) is 11.0 Å². The molecule has 1 heterocycles. The van der Waals surface area contributed by atoms with E-state index in [1.54, 1.807) is 6.20 Å². The maximum absolute atomic E-state index is 14.2. The summed E-state index contributed by atoms with van der Waals surface area (Å²) < 4.78 is 14.2. The normalized spacial score (nSPS) is 22.9. The number of nitrogens with two attached hydrogens (primary N) is 1. The van der Waals surface area contributed by atoms with Crippen molar-refractivity contribution < 1.29 is 4.39 Å². The van der Waals surface area contributed by atoms with Crippen molar-refractivity contribution in [1.82, 2.24) is 4.98 Å². The second kappa shape index (κ2) is 5.27. The number of benzene rings is 1. The summed E-state index contributed by atoms with van der Waals surface area (Å²) in [5, 5.41) is 4.15. The zero-order chi connectivity index (χ0) is 14.1. The topological polar surface area (TPSA) is 50.9 Å².